The smallest absolute Gasteiger partial charge is 0.317 e. The normalized spacial score (nSPS) is 45.6. The molecular weight excluding hydrogens is 456 g/mol. The van der Waals surface area contributed by atoms with Crippen molar-refractivity contribution in [3.63, 3.8) is 0 Å². The third-order valence-electron chi connectivity index (χ3n) is 11.2. The summed E-state index contributed by atoms with van der Waals surface area (Å²) in [7, 11) is 1.81. The second-order valence-electron chi connectivity index (χ2n) is 13.3. The molecule has 4 atom stereocenters. The first-order valence-corrected chi connectivity index (χ1v) is 14.1. The molecule has 0 aromatic heterocycles. The summed E-state index contributed by atoms with van der Waals surface area (Å²) < 4.78 is 17.6. The van der Waals surface area contributed by atoms with Gasteiger partial charge < -0.3 is 19.3 Å². The highest BCUT2D eigenvalue weighted by molar-refractivity contribution is 5.81. The largest absolute Gasteiger partial charge is 0.426 e. The van der Waals surface area contributed by atoms with Gasteiger partial charge in [0.2, 0.25) is 0 Å². The van der Waals surface area contributed by atoms with E-state index in [1.54, 1.807) is 31.4 Å². The molecular formula is C30H38O6. The van der Waals surface area contributed by atoms with Crippen LogP contribution in [0.15, 0.2) is 24.3 Å². The number of hydrogen-bond donors (Lipinski definition) is 1. The summed E-state index contributed by atoms with van der Waals surface area (Å²) in [5, 5.41) is 9.86. The highest BCUT2D eigenvalue weighted by Crippen LogP contribution is 2.63. The maximum Gasteiger partial charge on any atom is 0.317 e. The lowest BCUT2D eigenvalue weighted by Gasteiger charge is -2.58. The van der Waals surface area contributed by atoms with Crippen molar-refractivity contribution in [1.29, 1.82) is 0 Å². The molecule has 8 saturated carbocycles. The molecule has 0 saturated heterocycles. The van der Waals surface area contributed by atoms with Crippen LogP contribution in [0.4, 0.5) is 0 Å². The van der Waals surface area contributed by atoms with Crippen molar-refractivity contribution in [2.45, 2.75) is 70.3 Å². The Bertz CT molecular complexity index is 933. The number of benzene rings is 1. The summed E-state index contributed by atoms with van der Waals surface area (Å²) >= 11 is 0. The van der Waals surface area contributed by atoms with Crippen LogP contribution in [0.5, 0.6) is 11.5 Å². The average molecular weight is 495 g/mol. The molecule has 1 N–H and O–H groups in total. The van der Waals surface area contributed by atoms with Gasteiger partial charge >= 0.3 is 11.9 Å². The minimum Gasteiger partial charge on any atom is -0.426 e. The molecule has 6 nitrogen and oxygen atoms in total. The van der Waals surface area contributed by atoms with Gasteiger partial charge in [0, 0.05) is 13.7 Å². The van der Waals surface area contributed by atoms with Crippen molar-refractivity contribution in [3.05, 3.63) is 24.3 Å². The number of ether oxygens (including phenoxy) is 3. The molecule has 8 aliphatic carbocycles. The molecule has 1 aromatic rings. The van der Waals surface area contributed by atoms with Crippen molar-refractivity contribution in [2.75, 3.05) is 13.7 Å². The van der Waals surface area contributed by atoms with E-state index < -0.39 is 5.41 Å². The van der Waals surface area contributed by atoms with E-state index in [9.17, 15) is 14.7 Å². The number of carbonyl (C=O) groups is 2. The van der Waals surface area contributed by atoms with Gasteiger partial charge in [-0.3, -0.25) is 9.59 Å². The summed E-state index contributed by atoms with van der Waals surface area (Å²) in [6.07, 6.45) is 10.2. The number of rotatable bonds is 6. The number of methoxy groups -OCH3 is 1. The lowest BCUT2D eigenvalue weighted by molar-refractivity contribution is -0.180. The molecule has 8 aliphatic rings. The molecule has 194 valence electrons. The first-order chi connectivity index (χ1) is 17.4. The number of hydrogen-bond acceptors (Lipinski definition) is 6. The average Bonchev–Trinajstić information content (AvgIpc) is 2.84. The molecule has 36 heavy (non-hydrogen) atoms. The van der Waals surface area contributed by atoms with E-state index in [0.717, 1.165) is 51.4 Å². The van der Waals surface area contributed by atoms with Crippen LogP contribution >= 0.6 is 0 Å². The molecule has 8 bridgehead atoms. The second-order valence-corrected chi connectivity index (χ2v) is 13.3. The summed E-state index contributed by atoms with van der Waals surface area (Å²) in [5.41, 5.74) is -0.770. The first kappa shape index (κ1) is 23.2. The molecule has 8 fully saturated rings. The molecule has 0 aliphatic heterocycles. The molecule has 0 spiro atoms. The summed E-state index contributed by atoms with van der Waals surface area (Å²) in [4.78, 5) is 26.7. The predicted molar refractivity (Wildman–Crippen MR) is 131 cm³/mol. The van der Waals surface area contributed by atoms with E-state index in [1.807, 2.05) is 0 Å². The summed E-state index contributed by atoms with van der Waals surface area (Å²) in [5.74, 6) is 4.16. The van der Waals surface area contributed by atoms with Crippen LogP contribution in [0.3, 0.4) is 0 Å². The standard InChI is InChI=1S/C30H38O6/c1-34-26-21-8-18-9-22(26)15-30(11-18,14-21)28(33)36-24-4-2-23(3-5-24)35-27(32)29-10-17-6-19(12-29)25(16-31)20(7-17)13-29/h2-5,17-22,25-26,31H,6-16H2,1H3. The lowest BCUT2D eigenvalue weighted by atomic mass is 9.46. The van der Waals surface area contributed by atoms with Crippen molar-refractivity contribution in [2.24, 2.45) is 52.3 Å². The molecule has 0 heterocycles. The highest BCUT2D eigenvalue weighted by atomic mass is 16.5. The lowest BCUT2D eigenvalue weighted by Crippen LogP contribution is -2.57. The third-order valence-corrected chi connectivity index (χ3v) is 11.2. The van der Waals surface area contributed by atoms with Crippen LogP contribution in [0.25, 0.3) is 0 Å². The summed E-state index contributed by atoms with van der Waals surface area (Å²) in [6.45, 7) is 0.240. The van der Waals surface area contributed by atoms with Crippen molar-refractivity contribution < 1.29 is 28.9 Å². The number of esters is 2. The van der Waals surface area contributed by atoms with Gasteiger partial charge in [0.1, 0.15) is 11.5 Å². The zero-order valence-electron chi connectivity index (χ0n) is 21.2. The Hall–Kier alpha value is -1.92. The monoisotopic (exact) mass is 494 g/mol. The Morgan fingerprint density at radius 2 is 1.17 bits per heavy atom. The zero-order valence-corrected chi connectivity index (χ0v) is 21.2. The van der Waals surface area contributed by atoms with E-state index in [0.29, 0.717) is 59.0 Å². The SMILES string of the molecule is COC1C2CC3CC1CC(C(=O)Oc1ccc(OC(=O)C45CC6CC(C4)C(CO)C(C6)C5)cc1)(C3)C2. The Labute approximate surface area is 213 Å². The van der Waals surface area contributed by atoms with Gasteiger partial charge in [0.05, 0.1) is 16.9 Å². The van der Waals surface area contributed by atoms with Gasteiger partial charge in [-0.1, -0.05) is 0 Å². The van der Waals surface area contributed by atoms with Crippen LogP contribution in [0.2, 0.25) is 0 Å². The Morgan fingerprint density at radius 3 is 1.58 bits per heavy atom. The molecule has 4 unspecified atom stereocenters. The van der Waals surface area contributed by atoms with Crippen LogP contribution < -0.4 is 9.47 Å². The van der Waals surface area contributed by atoms with E-state index in [1.165, 1.54) is 12.8 Å². The highest BCUT2D eigenvalue weighted by Gasteiger charge is 2.60. The minimum atomic E-state index is -0.397. The van der Waals surface area contributed by atoms with Gasteiger partial charge in [-0.15, -0.1) is 0 Å². The maximum absolute atomic E-state index is 13.4. The Morgan fingerprint density at radius 1 is 0.750 bits per heavy atom. The number of aliphatic hydroxyl groups excluding tert-OH is 1. The van der Waals surface area contributed by atoms with E-state index >= 15 is 0 Å². The van der Waals surface area contributed by atoms with E-state index in [-0.39, 0.29) is 24.0 Å². The van der Waals surface area contributed by atoms with Gasteiger partial charge in [-0.2, -0.15) is 0 Å². The van der Waals surface area contributed by atoms with E-state index in [4.69, 9.17) is 14.2 Å². The fraction of sp³-hybridized carbons (Fsp3) is 0.733. The van der Waals surface area contributed by atoms with Crippen molar-refractivity contribution in [3.8, 4) is 11.5 Å². The minimum absolute atomic E-state index is 0.104. The fourth-order valence-electron chi connectivity index (χ4n) is 10.3. The Kier molecular flexibility index (Phi) is 5.35. The predicted octanol–water partition coefficient (Wildman–Crippen LogP) is 4.77. The summed E-state index contributed by atoms with van der Waals surface area (Å²) in [6, 6.07) is 7.00. The fourth-order valence-corrected chi connectivity index (χ4v) is 10.3. The molecule has 0 amide bonds. The molecule has 6 heteroatoms. The quantitative estimate of drug-likeness (QED) is 0.453. The van der Waals surface area contributed by atoms with Gasteiger partial charge in [-0.05, 0) is 130 Å². The molecule has 1 aromatic carbocycles. The number of aliphatic hydroxyl groups is 1. The molecule has 0 radical (unpaired) electrons. The molecule has 9 rings (SSSR count). The Balaban J connectivity index is 1.01. The van der Waals surface area contributed by atoms with Crippen LogP contribution in [-0.2, 0) is 14.3 Å². The van der Waals surface area contributed by atoms with Crippen LogP contribution in [-0.4, -0.2) is 36.9 Å². The number of carbonyl (C=O) groups excluding carboxylic acids is 2. The van der Waals surface area contributed by atoms with Crippen molar-refractivity contribution >= 4 is 11.9 Å². The van der Waals surface area contributed by atoms with E-state index in [2.05, 4.69) is 0 Å². The second kappa shape index (κ2) is 8.29. The zero-order chi connectivity index (χ0) is 24.7. The topological polar surface area (TPSA) is 82.1 Å². The third kappa shape index (κ3) is 3.50. The van der Waals surface area contributed by atoms with Gasteiger partial charge in [0.15, 0.2) is 0 Å². The maximum atomic E-state index is 13.4. The van der Waals surface area contributed by atoms with Gasteiger partial charge in [0.25, 0.3) is 0 Å². The van der Waals surface area contributed by atoms with Crippen LogP contribution in [0.1, 0.15) is 64.2 Å². The first-order valence-electron chi connectivity index (χ1n) is 14.1. The van der Waals surface area contributed by atoms with Crippen LogP contribution in [0, 0.1) is 52.3 Å². The van der Waals surface area contributed by atoms with Crippen molar-refractivity contribution in [1.82, 2.24) is 0 Å². The van der Waals surface area contributed by atoms with Gasteiger partial charge in [-0.25, -0.2) is 0 Å².